The number of esters is 1. The molecule has 0 aliphatic carbocycles. The number of ketones is 1. The van der Waals surface area contributed by atoms with E-state index in [1.807, 2.05) is 13.8 Å². The maximum absolute atomic E-state index is 12.3. The molecule has 0 aliphatic rings. The highest BCUT2D eigenvalue weighted by Gasteiger charge is 2.30. The molecule has 5 heteroatoms. The van der Waals surface area contributed by atoms with Crippen LogP contribution in [0.5, 0.6) is 5.88 Å². The molecule has 0 radical (unpaired) electrons. The molecule has 5 nitrogen and oxygen atoms in total. The molecule has 1 heterocycles. The predicted octanol–water partition coefficient (Wildman–Crippen LogP) is 2.04. The van der Waals surface area contributed by atoms with Gasteiger partial charge < -0.3 is 9.47 Å². The number of ether oxygens (including phenoxy) is 2. The predicted molar refractivity (Wildman–Crippen MR) is 74.5 cm³/mol. The van der Waals surface area contributed by atoms with E-state index in [0.717, 1.165) is 5.56 Å². The van der Waals surface area contributed by atoms with Crippen LogP contribution < -0.4 is 4.74 Å². The first kappa shape index (κ1) is 16.1. The van der Waals surface area contributed by atoms with Gasteiger partial charge >= 0.3 is 5.97 Å². The van der Waals surface area contributed by atoms with E-state index < -0.39 is 11.9 Å². The third-order valence-electron chi connectivity index (χ3n) is 2.94. The first-order valence-corrected chi connectivity index (χ1v) is 6.67. The SMILES string of the molecule is CCOC(=O)C(C(=O)Cc1ccc(OC)nc1)C(C)C. The Hall–Kier alpha value is -1.91. The fraction of sp³-hybridized carbons (Fsp3) is 0.533. The van der Waals surface area contributed by atoms with Crippen LogP contribution >= 0.6 is 0 Å². The van der Waals surface area contributed by atoms with Crippen LogP contribution in [-0.4, -0.2) is 30.5 Å². The summed E-state index contributed by atoms with van der Waals surface area (Å²) in [6.07, 6.45) is 1.75. The van der Waals surface area contributed by atoms with Gasteiger partial charge in [0.1, 0.15) is 5.92 Å². The van der Waals surface area contributed by atoms with E-state index in [1.54, 1.807) is 25.3 Å². The number of methoxy groups -OCH3 is 1. The maximum atomic E-state index is 12.3. The quantitative estimate of drug-likeness (QED) is 0.564. The van der Waals surface area contributed by atoms with E-state index in [-0.39, 0.29) is 24.7 Å². The Bertz CT molecular complexity index is 453. The Morgan fingerprint density at radius 2 is 2.00 bits per heavy atom. The third kappa shape index (κ3) is 4.33. The lowest BCUT2D eigenvalue weighted by atomic mass is 9.88. The van der Waals surface area contributed by atoms with Crippen molar-refractivity contribution in [3.05, 3.63) is 23.9 Å². The average molecular weight is 279 g/mol. The van der Waals surface area contributed by atoms with Crippen LogP contribution in [0.3, 0.4) is 0 Å². The zero-order valence-corrected chi connectivity index (χ0v) is 12.4. The topological polar surface area (TPSA) is 65.5 Å². The zero-order valence-electron chi connectivity index (χ0n) is 12.4. The molecule has 110 valence electrons. The summed E-state index contributed by atoms with van der Waals surface area (Å²) in [4.78, 5) is 28.1. The fourth-order valence-corrected chi connectivity index (χ4v) is 1.95. The number of pyridine rings is 1. The number of carbonyl (C=O) groups is 2. The van der Waals surface area contributed by atoms with Crippen LogP contribution in [0.1, 0.15) is 26.3 Å². The average Bonchev–Trinajstić information content (AvgIpc) is 2.39. The van der Waals surface area contributed by atoms with Gasteiger partial charge in [-0.05, 0) is 18.4 Å². The lowest BCUT2D eigenvalue weighted by Gasteiger charge is -2.17. The Labute approximate surface area is 119 Å². The highest BCUT2D eigenvalue weighted by atomic mass is 16.5. The van der Waals surface area contributed by atoms with E-state index >= 15 is 0 Å². The summed E-state index contributed by atoms with van der Waals surface area (Å²) in [6, 6.07) is 3.46. The largest absolute Gasteiger partial charge is 0.481 e. The van der Waals surface area contributed by atoms with Crippen molar-refractivity contribution in [1.82, 2.24) is 4.98 Å². The van der Waals surface area contributed by atoms with Gasteiger partial charge in [-0.3, -0.25) is 9.59 Å². The van der Waals surface area contributed by atoms with Gasteiger partial charge in [0.15, 0.2) is 5.78 Å². The zero-order chi connectivity index (χ0) is 15.1. The van der Waals surface area contributed by atoms with Crippen molar-refractivity contribution in [2.75, 3.05) is 13.7 Å². The van der Waals surface area contributed by atoms with Crippen molar-refractivity contribution in [3.63, 3.8) is 0 Å². The summed E-state index contributed by atoms with van der Waals surface area (Å²) in [5.74, 6) is -0.920. The van der Waals surface area contributed by atoms with Gasteiger partial charge in [-0.25, -0.2) is 4.98 Å². The van der Waals surface area contributed by atoms with E-state index in [2.05, 4.69) is 4.98 Å². The number of aromatic nitrogens is 1. The second-order valence-corrected chi connectivity index (χ2v) is 4.83. The molecule has 1 aromatic rings. The van der Waals surface area contributed by atoms with Gasteiger partial charge in [-0.15, -0.1) is 0 Å². The van der Waals surface area contributed by atoms with Gasteiger partial charge in [0.2, 0.25) is 5.88 Å². The first-order valence-electron chi connectivity index (χ1n) is 6.67. The second kappa shape index (κ2) is 7.62. The lowest BCUT2D eigenvalue weighted by molar-refractivity contribution is -0.153. The molecule has 0 N–H and O–H groups in total. The number of Topliss-reactive ketones (excluding diaryl/α,β-unsaturated/α-hetero) is 1. The number of carbonyl (C=O) groups excluding carboxylic acids is 2. The molecule has 20 heavy (non-hydrogen) atoms. The summed E-state index contributed by atoms with van der Waals surface area (Å²) in [6.45, 7) is 5.68. The van der Waals surface area contributed by atoms with Crippen LogP contribution in [-0.2, 0) is 20.7 Å². The van der Waals surface area contributed by atoms with Gasteiger partial charge in [0, 0.05) is 18.7 Å². The van der Waals surface area contributed by atoms with Crippen molar-refractivity contribution in [3.8, 4) is 5.88 Å². The summed E-state index contributed by atoms with van der Waals surface area (Å²) < 4.78 is 9.93. The highest BCUT2D eigenvalue weighted by molar-refractivity contribution is 6.00. The molecule has 0 spiro atoms. The van der Waals surface area contributed by atoms with E-state index in [1.165, 1.54) is 7.11 Å². The minimum atomic E-state index is -0.725. The highest BCUT2D eigenvalue weighted by Crippen LogP contribution is 2.17. The smallest absolute Gasteiger partial charge is 0.316 e. The van der Waals surface area contributed by atoms with Crippen LogP contribution in [0, 0.1) is 11.8 Å². The molecule has 1 aromatic heterocycles. The van der Waals surface area contributed by atoms with Gasteiger partial charge in [0.25, 0.3) is 0 Å². The monoisotopic (exact) mass is 279 g/mol. The van der Waals surface area contributed by atoms with Gasteiger partial charge in [-0.1, -0.05) is 19.9 Å². The maximum Gasteiger partial charge on any atom is 0.316 e. The molecule has 0 aromatic carbocycles. The summed E-state index contributed by atoms with van der Waals surface area (Å²) in [7, 11) is 1.53. The Morgan fingerprint density at radius 3 is 2.45 bits per heavy atom. The van der Waals surface area contributed by atoms with Crippen LogP contribution in [0.15, 0.2) is 18.3 Å². The summed E-state index contributed by atoms with van der Waals surface area (Å²) in [5.41, 5.74) is 0.755. The van der Waals surface area contributed by atoms with Crippen molar-refractivity contribution in [2.45, 2.75) is 27.2 Å². The molecule has 1 rings (SSSR count). The lowest BCUT2D eigenvalue weighted by Crippen LogP contribution is -2.31. The van der Waals surface area contributed by atoms with Gasteiger partial charge in [-0.2, -0.15) is 0 Å². The van der Waals surface area contributed by atoms with E-state index in [9.17, 15) is 9.59 Å². The van der Waals surface area contributed by atoms with Crippen molar-refractivity contribution in [1.29, 1.82) is 0 Å². The molecule has 0 aliphatic heterocycles. The molecule has 0 bridgehead atoms. The van der Waals surface area contributed by atoms with E-state index in [4.69, 9.17) is 9.47 Å². The van der Waals surface area contributed by atoms with Crippen LogP contribution in [0.25, 0.3) is 0 Å². The standard InChI is InChI=1S/C15H21NO4/c1-5-20-15(18)14(10(2)3)12(17)8-11-6-7-13(19-4)16-9-11/h6-7,9-10,14H,5,8H2,1-4H3. The minimum absolute atomic E-state index is 0.0900. The van der Waals surface area contributed by atoms with E-state index in [0.29, 0.717) is 5.88 Å². The molecule has 1 unspecified atom stereocenters. The van der Waals surface area contributed by atoms with Crippen LogP contribution in [0.2, 0.25) is 0 Å². The molecule has 0 amide bonds. The molecule has 0 saturated carbocycles. The van der Waals surface area contributed by atoms with Gasteiger partial charge in [0.05, 0.1) is 13.7 Å². The Balaban J connectivity index is 2.77. The van der Waals surface area contributed by atoms with Crippen molar-refractivity contribution in [2.24, 2.45) is 11.8 Å². The number of nitrogens with zero attached hydrogens (tertiary/aromatic N) is 1. The second-order valence-electron chi connectivity index (χ2n) is 4.83. The summed E-state index contributed by atoms with van der Waals surface area (Å²) >= 11 is 0. The van der Waals surface area contributed by atoms with Crippen molar-refractivity contribution < 1.29 is 19.1 Å². The molecule has 1 atom stereocenters. The molecule has 0 saturated heterocycles. The molecular formula is C15H21NO4. The third-order valence-corrected chi connectivity index (χ3v) is 2.94. The van der Waals surface area contributed by atoms with Crippen LogP contribution in [0.4, 0.5) is 0 Å². The first-order chi connectivity index (χ1) is 9.49. The Morgan fingerprint density at radius 1 is 1.30 bits per heavy atom. The summed E-state index contributed by atoms with van der Waals surface area (Å²) in [5, 5.41) is 0. The fourth-order valence-electron chi connectivity index (χ4n) is 1.95. The number of hydrogen-bond acceptors (Lipinski definition) is 5. The normalized spacial score (nSPS) is 12.1. The number of rotatable bonds is 7. The minimum Gasteiger partial charge on any atom is -0.481 e. The molecule has 0 fully saturated rings. The molecular weight excluding hydrogens is 258 g/mol. The Kier molecular flexibility index (Phi) is 6.15. The van der Waals surface area contributed by atoms with Crippen molar-refractivity contribution >= 4 is 11.8 Å². The number of hydrogen-bond donors (Lipinski definition) is 0.